The van der Waals surface area contributed by atoms with Gasteiger partial charge in [0.2, 0.25) is 0 Å². The van der Waals surface area contributed by atoms with E-state index < -0.39 is 0 Å². The van der Waals surface area contributed by atoms with Gasteiger partial charge in [-0.2, -0.15) is 17.7 Å². The first-order valence-electron chi connectivity index (χ1n) is 10.0. The van der Waals surface area contributed by atoms with Crippen LogP contribution in [-0.2, 0) is 17.9 Å². The zero-order valence-electron chi connectivity index (χ0n) is 19.6. The molecule has 5 radical (unpaired) electrons. The SMILES string of the molecule is COc1c[c-]c(C(C)[N-]c2ccc(OC)cc2)cc1.C[C]1[C](C)[C](C)[C](C)[C]1C.[Cl][Ir+2]. The maximum atomic E-state index is 5.12. The molecule has 0 saturated heterocycles. The van der Waals surface area contributed by atoms with Crippen LogP contribution < -0.4 is 9.47 Å². The van der Waals surface area contributed by atoms with Gasteiger partial charge in [0.1, 0.15) is 5.75 Å². The van der Waals surface area contributed by atoms with Crippen molar-refractivity contribution in [2.75, 3.05) is 14.2 Å². The number of nitrogens with zero attached hydrogens (tertiary/aromatic N) is 1. The van der Waals surface area contributed by atoms with Crippen molar-refractivity contribution >= 4 is 15.3 Å². The van der Waals surface area contributed by atoms with E-state index in [-0.39, 0.29) is 6.04 Å². The van der Waals surface area contributed by atoms with Crippen molar-refractivity contribution in [3.8, 4) is 11.5 Å². The van der Waals surface area contributed by atoms with Gasteiger partial charge in [0.05, 0.1) is 14.2 Å². The van der Waals surface area contributed by atoms with Gasteiger partial charge in [-0.05, 0) is 41.7 Å². The molecule has 1 fully saturated rings. The van der Waals surface area contributed by atoms with E-state index >= 15 is 0 Å². The van der Waals surface area contributed by atoms with E-state index in [0.717, 1.165) is 22.7 Å². The summed E-state index contributed by atoms with van der Waals surface area (Å²) in [5.41, 5.74) is 1.97. The number of hydrogen-bond donors (Lipinski definition) is 0. The van der Waals surface area contributed by atoms with Gasteiger partial charge < -0.3 is 14.8 Å². The normalized spacial score (nSPS) is 16.6. The molecule has 2 aromatic carbocycles. The summed E-state index contributed by atoms with van der Waals surface area (Å²) >= 11 is 1.47. The minimum absolute atomic E-state index is 0.0549. The molecule has 1 saturated carbocycles. The Kier molecular flexibility index (Phi) is 12.6. The van der Waals surface area contributed by atoms with E-state index in [1.807, 2.05) is 49.4 Å². The molecule has 5 heteroatoms. The fourth-order valence-electron chi connectivity index (χ4n) is 3.18. The molecule has 1 aliphatic carbocycles. The Morgan fingerprint density at radius 1 is 0.742 bits per heavy atom. The first kappa shape index (κ1) is 27.8. The van der Waals surface area contributed by atoms with E-state index in [1.165, 1.54) is 47.5 Å². The van der Waals surface area contributed by atoms with Gasteiger partial charge in [-0.1, -0.05) is 53.7 Å². The Morgan fingerprint density at radius 3 is 1.52 bits per heavy atom. The minimum atomic E-state index is 0.0549. The molecule has 0 aliphatic heterocycles. The Morgan fingerprint density at radius 2 is 1.16 bits per heavy atom. The topological polar surface area (TPSA) is 32.6 Å². The van der Waals surface area contributed by atoms with Crippen LogP contribution >= 0.6 is 9.58 Å². The number of benzene rings is 2. The third-order valence-electron chi connectivity index (χ3n) is 5.72. The van der Waals surface area contributed by atoms with Crippen molar-refractivity contribution in [3.63, 3.8) is 0 Å². The molecule has 1 unspecified atom stereocenters. The van der Waals surface area contributed by atoms with Crippen molar-refractivity contribution in [2.24, 2.45) is 0 Å². The summed E-state index contributed by atoms with van der Waals surface area (Å²) in [6.45, 7) is 13.0. The number of hydrogen-bond acceptors (Lipinski definition) is 2. The predicted octanol–water partition coefficient (Wildman–Crippen LogP) is 7.93. The van der Waals surface area contributed by atoms with E-state index in [1.54, 1.807) is 14.2 Å². The second-order valence-electron chi connectivity index (χ2n) is 7.31. The van der Waals surface area contributed by atoms with E-state index in [2.05, 4.69) is 55.6 Å². The van der Waals surface area contributed by atoms with Crippen LogP contribution in [0.4, 0.5) is 5.69 Å². The number of rotatable bonds is 5. The zero-order valence-corrected chi connectivity index (χ0v) is 22.7. The monoisotopic (exact) mass is 618 g/mol. The van der Waals surface area contributed by atoms with E-state index in [0.29, 0.717) is 0 Å². The average Bonchev–Trinajstić information content (AvgIpc) is 2.99. The summed E-state index contributed by atoms with van der Waals surface area (Å²) in [7, 11) is 7.94. The third-order valence-corrected chi connectivity index (χ3v) is 5.72. The summed E-state index contributed by atoms with van der Waals surface area (Å²) in [4.78, 5) is 0. The maximum absolute atomic E-state index is 5.12. The fraction of sp³-hybridized carbons (Fsp3) is 0.346. The van der Waals surface area contributed by atoms with Gasteiger partial charge in [0, 0.05) is 5.75 Å². The Labute approximate surface area is 204 Å². The standard InChI is InChI=1S/C16H17NO2.C10H15.ClH.Ir/c1-12(13-4-8-15(18-2)9-5-13)17-14-6-10-16(19-3)11-7-14;1-6-7(2)9(4)10(5)8(6)3;;/h4,6-12H,1-3H3;1-5H3;1H;/q-2;;;+3/p-1. The Balaban J connectivity index is 0.000000337. The second kappa shape index (κ2) is 14.0. The molecule has 1 aliphatic rings. The molecule has 31 heavy (non-hydrogen) atoms. The van der Waals surface area contributed by atoms with Crippen LogP contribution in [0.2, 0.25) is 0 Å². The Bertz CT molecular complexity index is 693. The molecule has 2 aromatic rings. The van der Waals surface area contributed by atoms with Crippen molar-refractivity contribution in [1.29, 1.82) is 0 Å². The van der Waals surface area contributed by atoms with E-state index in [4.69, 9.17) is 9.47 Å². The molecule has 0 bridgehead atoms. The average molecular weight is 618 g/mol. The quantitative estimate of drug-likeness (QED) is 0.319. The van der Waals surface area contributed by atoms with Crippen LogP contribution in [0, 0.1) is 35.7 Å². The summed E-state index contributed by atoms with van der Waals surface area (Å²) in [6.07, 6.45) is 0. The van der Waals surface area contributed by atoms with Crippen molar-refractivity contribution in [3.05, 3.63) is 89.0 Å². The van der Waals surface area contributed by atoms with Gasteiger partial charge in [-0.15, -0.1) is 23.9 Å². The van der Waals surface area contributed by atoms with Crippen LogP contribution in [0.1, 0.15) is 53.1 Å². The molecule has 1 atom stereocenters. The fourth-order valence-corrected chi connectivity index (χ4v) is 3.18. The van der Waals surface area contributed by atoms with Gasteiger partial charge in [-0.25, -0.2) is 0 Å². The molecule has 0 amide bonds. The summed E-state index contributed by atoms with van der Waals surface area (Å²) in [6, 6.07) is 16.7. The third kappa shape index (κ3) is 8.00. The van der Waals surface area contributed by atoms with Gasteiger partial charge in [0.15, 0.2) is 0 Å². The van der Waals surface area contributed by atoms with Crippen molar-refractivity contribution < 1.29 is 27.4 Å². The number of methoxy groups -OCH3 is 2. The van der Waals surface area contributed by atoms with Crippen LogP contribution in [0.5, 0.6) is 11.5 Å². The first-order valence-corrected chi connectivity index (χ1v) is 13.0. The van der Waals surface area contributed by atoms with E-state index in [9.17, 15) is 0 Å². The van der Waals surface area contributed by atoms with Crippen molar-refractivity contribution in [1.82, 2.24) is 0 Å². The van der Waals surface area contributed by atoms with Gasteiger partial charge >= 0.3 is 27.5 Å². The Hall–Kier alpha value is -1.22. The molecular weight excluding hydrogens is 586 g/mol. The molecule has 0 spiro atoms. The summed E-state index contributed by atoms with van der Waals surface area (Å²) < 4.78 is 10.2. The second-order valence-corrected chi connectivity index (χ2v) is 7.31. The molecule has 0 aromatic heterocycles. The van der Waals surface area contributed by atoms with Gasteiger partial charge in [0.25, 0.3) is 0 Å². The molecule has 3 rings (SSSR count). The summed E-state index contributed by atoms with van der Waals surface area (Å²) in [5.74, 6) is 8.98. The summed E-state index contributed by atoms with van der Waals surface area (Å²) in [5, 5.41) is 4.63. The molecule has 169 valence electrons. The van der Waals surface area contributed by atoms with Crippen LogP contribution in [0.3, 0.4) is 0 Å². The number of halogens is 1. The first-order chi connectivity index (χ1) is 14.8. The van der Waals surface area contributed by atoms with Crippen LogP contribution in [-0.4, -0.2) is 14.2 Å². The number of ether oxygens (including phenoxy) is 2. The van der Waals surface area contributed by atoms with Crippen LogP contribution in [0.15, 0.2) is 42.5 Å². The molecular formula is C26H32ClIrNO2. The molecule has 3 nitrogen and oxygen atoms in total. The predicted molar refractivity (Wildman–Crippen MR) is 127 cm³/mol. The van der Waals surface area contributed by atoms with Crippen LogP contribution in [0.25, 0.3) is 5.32 Å². The zero-order chi connectivity index (χ0) is 23.6. The molecule has 0 N–H and O–H groups in total. The van der Waals surface area contributed by atoms with Crippen molar-refractivity contribution in [2.45, 2.75) is 47.6 Å². The molecule has 0 heterocycles. The van der Waals surface area contributed by atoms with Gasteiger partial charge in [-0.3, -0.25) is 0 Å².